The molecule has 108 valence electrons. The quantitative estimate of drug-likeness (QED) is 0.908. The van der Waals surface area contributed by atoms with Crippen molar-refractivity contribution in [3.8, 4) is 0 Å². The number of rotatable bonds is 5. The normalized spacial score (nSPS) is 13.4. The summed E-state index contributed by atoms with van der Waals surface area (Å²) in [5, 5.41) is 4.32. The Labute approximate surface area is 119 Å². The van der Waals surface area contributed by atoms with Crippen molar-refractivity contribution >= 4 is 0 Å². The highest BCUT2D eigenvalue weighted by Crippen LogP contribution is 2.35. The lowest BCUT2D eigenvalue weighted by Gasteiger charge is -2.31. The fourth-order valence-corrected chi connectivity index (χ4v) is 2.37. The fraction of sp³-hybridized carbons (Fsp3) is 0.438. The van der Waals surface area contributed by atoms with Crippen LogP contribution >= 0.6 is 0 Å². The Hall–Kier alpha value is -1.68. The Bertz CT molecular complexity index is 557. The molecule has 20 heavy (non-hydrogen) atoms. The third-order valence-corrected chi connectivity index (χ3v) is 3.83. The summed E-state index contributed by atoms with van der Waals surface area (Å²) in [6, 6.07) is 6.37. The van der Waals surface area contributed by atoms with Crippen LogP contribution in [0.15, 0.2) is 36.7 Å². The van der Waals surface area contributed by atoms with E-state index >= 15 is 0 Å². The molecule has 1 aromatic carbocycles. The van der Waals surface area contributed by atoms with E-state index in [0.29, 0.717) is 0 Å². The van der Waals surface area contributed by atoms with Gasteiger partial charge in [-0.3, -0.25) is 4.68 Å². The topological polar surface area (TPSA) is 43.8 Å². The van der Waals surface area contributed by atoms with Gasteiger partial charge in [-0.1, -0.05) is 32.9 Å². The predicted molar refractivity (Wildman–Crippen MR) is 78.9 cm³/mol. The molecule has 0 saturated carbocycles. The van der Waals surface area contributed by atoms with Crippen LogP contribution in [0.2, 0.25) is 0 Å². The van der Waals surface area contributed by atoms with E-state index in [1.807, 2.05) is 17.1 Å². The van der Waals surface area contributed by atoms with Crippen LogP contribution in [0.4, 0.5) is 4.39 Å². The van der Waals surface area contributed by atoms with Crippen LogP contribution in [0.25, 0.3) is 0 Å². The first-order chi connectivity index (χ1) is 9.45. The number of nitrogens with zero attached hydrogens (tertiary/aromatic N) is 2. The highest BCUT2D eigenvalue weighted by molar-refractivity contribution is 5.30. The van der Waals surface area contributed by atoms with Gasteiger partial charge in [-0.05, 0) is 24.1 Å². The summed E-state index contributed by atoms with van der Waals surface area (Å²) < 4.78 is 15.0. The number of benzene rings is 1. The lowest BCUT2D eigenvalue weighted by atomic mass is 9.76. The molecule has 4 heteroatoms. The molecule has 1 atom stereocenters. The molecule has 0 aliphatic carbocycles. The molecule has 0 aliphatic heterocycles. The van der Waals surface area contributed by atoms with Crippen LogP contribution in [-0.2, 0) is 12.0 Å². The van der Waals surface area contributed by atoms with Crippen molar-refractivity contribution in [3.63, 3.8) is 0 Å². The van der Waals surface area contributed by atoms with Gasteiger partial charge in [0.1, 0.15) is 5.82 Å². The number of halogens is 1. The third-order valence-electron chi connectivity index (χ3n) is 3.83. The maximum atomic E-state index is 13.0. The molecule has 0 bridgehead atoms. The Morgan fingerprint density at radius 3 is 2.55 bits per heavy atom. The first-order valence-electron chi connectivity index (χ1n) is 6.99. The fourth-order valence-electron chi connectivity index (χ4n) is 2.37. The molecule has 2 aromatic rings. The Morgan fingerprint density at radius 1 is 1.30 bits per heavy atom. The molecule has 3 nitrogen and oxygen atoms in total. The van der Waals surface area contributed by atoms with Crippen LogP contribution in [0.3, 0.4) is 0 Å². The van der Waals surface area contributed by atoms with Gasteiger partial charge in [-0.15, -0.1) is 0 Å². The molecule has 0 aliphatic rings. The molecular weight excluding hydrogens is 253 g/mol. The van der Waals surface area contributed by atoms with E-state index < -0.39 is 0 Å². The van der Waals surface area contributed by atoms with E-state index in [-0.39, 0.29) is 17.3 Å². The van der Waals surface area contributed by atoms with Crippen molar-refractivity contribution < 1.29 is 4.39 Å². The Kier molecular flexibility index (Phi) is 4.23. The number of hydrogen-bond acceptors (Lipinski definition) is 2. The molecule has 1 heterocycles. The van der Waals surface area contributed by atoms with Crippen LogP contribution in [-0.4, -0.2) is 9.78 Å². The lowest BCUT2D eigenvalue weighted by molar-refractivity contribution is 0.419. The minimum Gasteiger partial charge on any atom is -0.323 e. The van der Waals surface area contributed by atoms with Crippen LogP contribution in [0, 0.1) is 5.82 Å². The van der Waals surface area contributed by atoms with E-state index in [2.05, 4.69) is 25.9 Å². The molecule has 0 fully saturated rings. The van der Waals surface area contributed by atoms with Gasteiger partial charge < -0.3 is 5.73 Å². The summed E-state index contributed by atoms with van der Waals surface area (Å²) in [5.74, 6) is -0.228. The standard InChI is InChI=1S/C16H22FN3/c1-4-9-20-11-12(10-19-20)15(18)16(2,3)13-5-7-14(17)8-6-13/h5-8,10-11,15H,4,9,18H2,1-3H3. The zero-order chi connectivity index (χ0) is 14.8. The van der Waals surface area contributed by atoms with E-state index in [4.69, 9.17) is 5.73 Å². The zero-order valence-electron chi connectivity index (χ0n) is 12.3. The predicted octanol–water partition coefficient (Wildman–Crippen LogP) is 3.41. The highest BCUT2D eigenvalue weighted by atomic mass is 19.1. The van der Waals surface area contributed by atoms with Crippen molar-refractivity contribution in [2.45, 2.75) is 45.2 Å². The molecule has 1 unspecified atom stereocenters. The number of hydrogen-bond donors (Lipinski definition) is 1. The summed E-state index contributed by atoms with van der Waals surface area (Å²) in [5.41, 5.74) is 8.15. The second-order valence-electron chi connectivity index (χ2n) is 5.74. The summed E-state index contributed by atoms with van der Waals surface area (Å²) in [4.78, 5) is 0. The van der Waals surface area contributed by atoms with Gasteiger partial charge in [0.25, 0.3) is 0 Å². The first-order valence-corrected chi connectivity index (χ1v) is 6.99. The number of aromatic nitrogens is 2. The maximum Gasteiger partial charge on any atom is 0.123 e. The van der Waals surface area contributed by atoms with Gasteiger partial charge in [0.2, 0.25) is 0 Å². The van der Waals surface area contributed by atoms with Gasteiger partial charge in [-0.25, -0.2) is 4.39 Å². The Morgan fingerprint density at radius 2 is 1.95 bits per heavy atom. The van der Waals surface area contributed by atoms with Gasteiger partial charge in [0.15, 0.2) is 0 Å². The van der Waals surface area contributed by atoms with Gasteiger partial charge in [0.05, 0.1) is 6.20 Å². The number of nitrogens with two attached hydrogens (primary N) is 1. The van der Waals surface area contributed by atoms with Crippen LogP contribution in [0.1, 0.15) is 44.4 Å². The summed E-state index contributed by atoms with van der Waals surface area (Å²) in [6.45, 7) is 7.15. The molecule has 1 aromatic heterocycles. The monoisotopic (exact) mass is 275 g/mol. The highest BCUT2D eigenvalue weighted by Gasteiger charge is 2.30. The molecule has 0 spiro atoms. The average Bonchev–Trinajstić information content (AvgIpc) is 2.87. The van der Waals surface area contributed by atoms with E-state index in [9.17, 15) is 4.39 Å². The summed E-state index contributed by atoms with van der Waals surface area (Å²) in [7, 11) is 0. The minimum absolute atomic E-state index is 0.182. The third kappa shape index (κ3) is 2.90. The van der Waals surface area contributed by atoms with Crippen molar-refractivity contribution in [2.75, 3.05) is 0 Å². The molecule has 0 saturated heterocycles. The van der Waals surface area contributed by atoms with Gasteiger partial charge in [-0.2, -0.15) is 5.10 Å². The van der Waals surface area contributed by atoms with Gasteiger partial charge >= 0.3 is 0 Å². The molecular formula is C16H22FN3. The maximum absolute atomic E-state index is 13.0. The zero-order valence-corrected chi connectivity index (χ0v) is 12.3. The van der Waals surface area contributed by atoms with E-state index in [1.165, 1.54) is 12.1 Å². The summed E-state index contributed by atoms with van der Waals surface area (Å²) in [6.07, 6.45) is 4.86. The largest absolute Gasteiger partial charge is 0.323 e. The van der Waals surface area contributed by atoms with Crippen molar-refractivity contribution in [1.29, 1.82) is 0 Å². The average molecular weight is 275 g/mol. The second kappa shape index (κ2) is 5.75. The van der Waals surface area contributed by atoms with Crippen LogP contribution < -0.4 is 5.73 Å². The van der Waals surface area contributed by atoms with E-state index in [0.717, 1.165) is 24.1 Å². The second-order valence-corrected chi connectivity index (χ2v) is 5.74. The number of aryl methyl sites for hydroxylation is 1. The van der Waals surface area contributed by atoms with Crippen molar-refractivity contribution in [2.24, 2.45) is 5.73 Å². The SMILES string of the molecule is CCCn1cc(C(N)C(C)(C)c2ccc(F)cc2)cn1. The Balaban J connectivity index is 2.25. The smallest absolute Gasteiger partial charge is 0.123 e. The van der Waals surface area contributed by atoms with Crippen molar-refractivity contribution in [3.05, 3.63) is 53.6 Å². The molecule has 2 N–H and O–H groups in total. The van der Waals surface area contributed by atoms with Gasteiger partial charge in [0, 0.05) is 29.8 Å². The minimum atomic E-state index is -0.284. The molecule has 0 amide bonds. The lowest BCUT2D eigenvalue weighted by Crippen LogP contribution is -2.33. The van der Waals surface area contributed by atoms with E-state index in [1.54, 1.807) is 12.1 Å². The molecule has 0 radical (unpaired) electrons. The molecule has 2 rings (SSSR count). The van der Waals surface area contributed by atoms with Crippen molar-refractivity contribution in [1.82, 2.24) is 9.78 Å². The summed E-state index contributed by atoms with van der Waals surface area (Å²) >= 11 is 0. The first kappa shape index (κ1) is 14.7. The van der Waals surface area contributed by atoms with Crippen LogP contribution in [0.5, 0.6) is 0 Å².